The van der Waals surface area contributed by atoms with Crippen LogP contribution in [0.15, 0.2) is 70.9 Å². The quantitative estimate of drug-likeness (QED) is 0.0985. The van der Waals surface area contributed by atoms with Gasteiger partial charge in [-0.15, -0.1) is 5.10 Å². The topological polar surface area (TPSA) is 103 Å². The second-order valence-electron chi connectivity index (χ2n) is 12.3. The highest BCUT2D eigenvalue weighted by molar-refractivity contribution is 7.99. The molecule has 1 aromatic heterocycles. The number of amides is 1. The lowest BCUT2D eigenvalue weighted by atomic mass is 9.78. The standard InChI is InChI=1S/C33H39N5O3S/c1-21-9-13-24(14-10-21)38-30(23-11-15-25(41-8)16-12-23)36-37-31(38)42-20-28(39)35-34-19-22-17-26(32(2,3)4)29(40)27(18-22)33(5,6)7/h9-19H,20H2,1-8H3,(H2,34,35,39,40)/p+1. The molecular weight excluding hydrogens is 546 g/mol. The van der Waals surface area contributed by atoms with Gasteiger partial charge in [-0.3, -0.25) is 4.79 Å². The molecule has 1 amide bonds. The van der Waals surface area contributed by atoms with Crippen molar-refractivity contribution in [1.29, 1.82) is 0 Å². The lowest BCUT2D eigenvalue weighted by molar-refractivity contribution is -0.625. The predicted molar refractivity (Wildman–Crippen MR) is 169 cm³/mol. The molecular formula is C33H40N5O3S+. The number of carbonyl (C=O) groups is 1. The molecule has 0 saturated heterocycles. The number of phenols is 1. The molecule has 0 spiro atoms. The van der Waals surface area contributed by atoms with Crippen LogP contribution in [0.4, 0.5) is 0 Å². The monoisotopic (exact) mass is 586 g/mol. The number of methoxy groups -OCH3 is 1. The number of nitrogens with one attached hydrogen (secondary N) is 2. The maximum absolute atomic E-state index is 12.8. The highest BCUT2D eigenvalue weighted by atomic mass is 32.2. The Balaban J connectivity index is 1.53. The van der Waals surface area contributed by atoms with Crippen LogP contribution in [0.1, 0.15) is 63.8 Å². The summed E-state index contributed by atoms with van der Waals surface area (Å²) >= 11 is 1.31. The first-order chi connectivity index (χ1) is 19.8. The second kappa shape index (κ2) is 12.4. The molecule has 0 bridgehead atoms. The first kappa shape index (κ1) is 30.8. The van der Waals surface area contributed by atoms with E-state index in [-0.39, 0.29) is 22.5 Å². The van der Waals surface area contributed by atoms with Gasteiger partial charge in [0.05, 0.1) is 29.7 Å². The number of aryl methyl sites for hydroxylation is 1. The van der Waals surface area contributed by atoms with Gasteiger partial charge in [0.25, 0.3) is 11.7 Å². The van der Waals surface area contributed by atoms with E-state index in [1.165, 1.54) is 11.8 Å². The van der Waals surface area contributed by atoms with Gasteiger partial charge in [0.2, 0.25) is 0 Å². The number of thioether (sulfide) groups is 1. The molecule has 0 aliphatic rings. The molecule has 0 atom stereocenters. The van der Waals surface area contributed by atoms with Gasteiger partial charge in [-0.2, -0.15) is 9.67 Å². The molecule has 3 N–H and O–H groups in total. The van der Waals surface area contributed by atoms with Crippen molar-refractivity contribution in [3.63, 3.8) is 0 Å². The van der Waals surface area contributed by atoms with Crippen LogP contribution < -0.4 is 14.7 Å². The number of carbonyl (C=O) groups excluding carboxylic acids is 1. The van der Waals surface area contributed by atoms with E-state index in [1.807, 2.05) is 72.2 Å². The van der Waals surface area contributed by atoms with Crippen LogP contribution >= 0.6 is 11.8 Å². The molecule has 8 nitrogen and oxygen atoms in total. The molecule has 9 heteroatoms. The average molecular weight is 587 g/mol. The Morgan fingerprint density at radius 3 is 2.17 bits per heavy atom. The Hall–Kier alpha value is -4.11. The van der Waals surface area contributed by atoms with Gasteiger partial charge in [0.15, 0.2) is 0 Å². The number of benzene rings is 3. The summed E-state index contributed by atoms with van der Waals surface area (Å²) in [6.45, 7) is 14.4. The zero-order chi connectivity index (χ0) is 30.7. The third-order valence-electron chi connectivity index (χ3n) is 6.81. The third kappa shape index (κ3) is 7.20. The molecule has 42 heavy (non-hydrogen) atoms. The first-order valence-corrected chi connectivity index (χ1v) is 14.8. The Kier molecular flexibility index (Phi) is 9.11. The van der Waals surface area contributed by atoms with Crippen molar-refractivity contribution in [2.45, 2.75) is 64.5 Å². The zero-order valence-electron chi connectivity index (χ0n) is 25.6. The number of hydrazone groups is 1. The number of hydrogen-bond acceptors (Lipinski definition) is 6. The van der Waals surface area contributed by atoms with Crippen molar-refractivity contribution in [1.82, 2.24) is 15.6 Å². The van der Waals surface area contributed by atoms with Crippen molar-refractivity contribution in [3.8, 4) is 28.6 Å². The predicted octanol–water partition coefficient (Wildman–Crippen LogP) is 6.21. The van der Waals surface area contributed by atoms with E-state index < -0.39 is 0 Å². The normalized spacial score (nSPS) is 12.1. The second-order valence-corrected chi connectivity index (χ2v) is 13.2. The number of hydrogen-bond donors (Lipinski definition) is 3. The summed E-state index contributed by atoms with van der Waals surface area (Å²) in [4.78, 5) is 12.8. The summed E-state index contributed by atoms with van der Waals surface area (Å²) in [5.74, 6) is 1.73. The van der Waals surface area contributed by atoms with Gasteiger partial charge < -0.3 is 9.84 Å². The van der Waals surface area contributed by atoms with Crippen molar-refractivity contribution >= 4 is 23.9 Å². The van der Waals surface area contributed by atoms with E-state index in [0.717, 1.165) is 45.1 Å². The third-order valence-corrected chi connectivity index (χ3v) is 7.75. The lowest BCUT2D eigenvalue weighted by Crippen LogP contribution is -2.34. The molecule has 0 fully saturated rings. The van der Waals surface area contributed by atoms with Gasteiger partial charge in [-0.25, -0.2) is 5.43 Å². The number of nitrogens with zero attached hydrogens (tertiary/aromatic N) is 3. The van der Waals surface area contributed by atoms with Gasteiger partial charge in [-0.05, 0) is 83.6 Å². The van der Waals surface area contributed by atoms with Gasteiger partial charge in [0, 0.05) is 11.1 Å². The Bertz CT molecular complexity index is 1540. The maximum atomic E-state index is 12.8. The van der Waals surface area contributed by atoms with Gasteiger partial charge in [-0.1, -0.05) is 59.2 Å². The molecule has 0 unspecified atom stereocenters. The Labute approximate surface area is 252 Å². The van der Waals surface area contributed by atoms with Crippen LogP contribution in [0.5, 0.6) is 11.5 Å². The summed E-state index contributed by atoms with van der Waals surface area (Å²) in [5, 5.41) is 23.5. The molecule has 0 saturated carbocycles. The number of H-pyrrole nitrogens is 1. The minimum atomic E-state index is -0.258. The van der Waals surface area contributed by atoms with Crippen LogP contribution in [0, 0.1) is 6.92 Å². The van der Waals surface area contributed by atoms with E-state index in [1.54, 1.807) is 13.3 Å². The van der Waals surface area contributed by atoms with E-state index in [2.05, 4.69) is 62.3 Å². The highest BCUT2D eigenvalue weighted by Crippen LogP contribution is 2.39. The van der Waals surface area contributed by atoms with Crippen molar-refractivity contribution < 1.29 is 19.2 Å². The highest BCUT2D eigenvalue weighted by Gasteiger charge is 2.27. The fourth-order valence-corrected chi connectivity index (χ4v) is 5.25. The molecule has 1 heterocycles. The zero-order valence-corrected chi connectivity index (χ0v) is 26.4. The van der Waals surface area contributed by atoms with Crippen LogP contribution in [0.25, 0.3) is 17.1 Å². The van der Waals surface area contributed by atoms with E-state index >= 15 is 0 Å². The molecule has 3 aromatic carbocycles. The SMILES string of the molecule is COc1ccc(-c2[nH]nc(SCC(=O)NN=Cc3cc(C(C)(C)C)c(O)c(C(C)(C)C)c3)[n+]2-c2ccc(C)cc2)cc1. The van der Waals surface area contributed by atoms with Crippen molar-refractivity contribution in [2.75, 3.05) is 12.9 Å². The molecule has 4 rings (SSSR count). The van der Waals surface area contributed by atoms with Gasteiger partial charge >= 0.3 is 5.16 Å². The summed E-state index contributed by atoms with van der Waals surface area (Å²) in [7, 11) is 1.64. The Morgan fingerprint density at radius 2 is 1.62 bits per heavy atom. The number of aromatic amines is 1. The average Bonchev–Trinajstić information content (AvgIpc) is 3.35. The molecule has 220 valence electrons. The Morgan fingerprint density at radius 1 is 1.02 bits per heavy atom. The first-order valence-electron chi connectivity index (χ1n) is 13.8. The fraction of sp³-hybridized carbons (Fsp3) is 0.333. The molecule has 4 aromatic rings. The van der Waals surface area contributed by atoms with Crippen LogP contribution in [0.2, 0.25) is 0 Å². The summed E-state index contributed by atoms with van der Waals surface area (Å²) in [6.07, 6.45) is 1.62. The number of phenolic OH excluding ortho intramolecular Hbond substituents is 1. The van der Waals surface area contributed by atoms with Gasteiger partial charge in [0.1, 0.15) is 17.2 Å². The van der Waals surface area contributed by atoms with Crippen molar-refractivity contribution in [2.24, 2.45) is 5.10 Å². The van der Waals surface area contributed by atoms with E-state index in [4.69, 9.17) is 4.74 Å². The minimum Gasteiger partial charge on any atom is -0.507 e. The number of rotatable bonds is 8. The van der Waals surface area contributed by atoms with Crippen molar-refractivity contribution in [3.05, 3.63) is 82.9 Å². The fourth-order valence-electron chi connectivity index (χ4n) is 4.49. The molecule has 0 radical (unpaired) electrons. The summed E-state index contributed by atoms with van der Waals surface area (Å²) < 4.78 is 7.31. The van der Waals surface area contributed by atoms with E-state index in [9.17, 15) is 9.90 Å². The lowest BCUT2D eigenvalue weighted by Gasteiger charge is -2.27. The van der Waals surface area contributed by atoms with Crippen LogP contribution in [0.3, 0.4) is 0 Å². The minimum absolute atomic E-state index is 0.117. The summed E-state index contributed by atoms with van der Waals surface area (Å²) in [6, 6.07) is 19.7. The largest absolute Gasteiger partial charge is 0.507 e. The van der Waals surface area contributed by atoms with Crippen LogP contribution in [-0.4, -0.2) is 40.3 Å². The number of ether oxygens (including phenoxy) is 1. The summed E-state index contributed by atoms with van der Waals surface area (Å²) in [5.41, 5.74) is 7.62. The number of aromatic nitrogens is 3. The molecule has 0 aliphatic heterocycles. The smallest absolute Gasteiger partial charge is 0.342 e. The number of aromatic hydroxyl groups is 1. The van der Waals surface area contributed by atoms with E-state index in [0.29, 0.717) is 10.9 Å². The maximum Gasteiger partial charge on any atom is 0.342 e. The molecule has 0 aliphatic carbocycles. The van der Waals surface area contributed by atoms with Crippen LogP contribution in [-0.2, 0) is 15.6 Å².